The molecule has 1 aromatic rings. The molecule has 17 heavy (non-hydrogen) atoms. The quantitative estimate of drug-likeness (QED) is 0.626. The van der Waals surface area contributed by atoms with Gasteiger partial charge in [0.1, 0.15) is 17.5 Å². The van der Waals surface area contributed by atoms with Crippen molar-refractivity contribution in [2.75, 3.05) is 0 Å². The van der Waals surface area contributed by atoms with Crippen LogP contribution in [0.25, 0.3) is 0 Å². The number of Topliss-reactive ketones (excluding diaryl/α,β-unsaturated/α-hetero) is 3. The zero-order valence-electron chi connectivity index (χ0n) is 9.29. The van der Waals surface area contributed by atoms with Crippen LogP contribution < -0.4 is 0 Å². The van der Waals surface area contributed by atoms with Crippen molar-refractivity contribution in [1.82, 2.24) is 0 Å². The van der Waals surface area contributed by atoms with E-state index in [9.17, 15) is 14.4 Å². The molecule has 0 saturated carbocycles. The van der Waals surface area contributed by atoms with Gasteiger partial charge in [-0.1, -0.05) is 23.2 Å². The second kappa shape index (κ2) is 5.43. The second-order valence-electron chi connectivity index (χ2n) is 3.64. The molecule has 0 spiro atoms. The molecule has 0 atom stereocenters. The van der Waals surface area contributed by atoms with E-state index in [0.717, 1.165) is 0 Å². The van der Waals surface area contributed by atoms with Gasteiger partial charge in [0.2, 0.25) is 0 Å². The summed E-state index contributed by atoms with van der Waals surface area (Å²) in [4.78, 5) is 34.5. The Morgan fingerprint density at radius 1 is 1.06 bits per heavy atom. The van der Waals surface area contributed by atoms with Crippen molar-refractivity contribution >= 4 is 40.6 Å². The minimum atomic E-state index is -1.28. The average Bonchev–Trinajstić information content (AvgIpc) is 2.15. The Morgan fingerprint density at radius 3 is 2.00 bits per heavy atom. The highest BCUT2D eigenvalue weighted by Crippen LogP contribution is 2.24. The van der Waals surface area contributed by atoms with Gasteiger partial charge in [0.15, 0.2) is 5.78 Å². The van der Waals surface area contributed by atoms with Crippen LogP contribution in [0.1, 0.15) is 24.2 Å². The maximum Gasteiger partial charge on any atom is 0.182 e. The lowest BCUT2D eigenvalue weighted by Crippen LogP contribution is -2.28. The maximum atomic E-state index is 12.0. The van der Waals surface area contributed by atoms with E-state index in [2.05, 4.69) is 0 Å². The Morgan fingerprint density at radius 2 is 1.59 bits per heavy atom. The number of hydrogen-bond acceptors (Lipinski definition) is 3. The van der Waals surface area contributed by atoms with Crippen molar-refractivity contribution < 1.29 is 14.4 Å². The van der Waals surface area contributed by atoms with E-state index in [1.807, 2.05) is 0 Å². The van der Waals surface area contributed by atoms with Crippen LogP contribution in [0.2, 0.25) is 10.0 Å². The Balaban J connectivity index is 3.19. The predicted octanol–water partition coefficient (Wildman–Crippen LogP) is 2.97. The third kappa shape index (κ3) is 3.14. The molecule has 0 aliphatic carbocycles. The van der Waals surface area contributed by atoms with Crippen LogP contribution in [0.5, 0.6) is 0 Å². The van der Waals surface area contributed by atoms with Gasteiger partial charge >= 0.3 is 0 Å². The number of carbonyl (C=O) groups is 3. The largest absolute Gasteiger partial charge is 0.299 e. The molecule has 5 heteroatoms. The van der Waals surface area contributed by atoms with E-state index in [-0.39, 0.29) is 10.6 Å². The normalized spacial score (nSPS) is 10.4. The summed E-state index contributed by atoms with van der Waals surface area (Å²) in [5.41, 5.74) is 0.131. The van der Waals surface area contributed by atoms with Gasteiger partial charge in [-0.05, 0) is 32.0 Å². The molecule has 1 aromatic carbocycles. The van der Waals surface area contributed by atoms with Crippen molar-refractivity contribution in [2.24, 2.45) is 5.92 Å². The Bertz CT molecular complexity index is 481. The summed E-state index contributed by atoms with van der Waals surface area (Å²) in [7, 11) is 0. The molecule has 0 heterocycles. The highest BCUT2D eigenvalue weighted by atomic mass is 35.5. The summed E-state index contributed by atoms with van der Waals surface area (Å²) < 4.78 is 0. The molecule has 3 nitrogen and oxygen atoms in total. The number of rotatable bonds is 4. The number of ketones is 3. The van der Waals surface area contributed by atoms with Crippen molar-refractivity contribution in [2.45, 2.75) is 13.8 Å². The summed E-state index contributed by atoms with van der Waals surface area (Å²) in [6, 6.07) is 4.29. The standard InChI is InChI=1S/C12H10Cl2O3/c1-6(15)11(7(2)16)12(17)9-4-3-8(13)5-10(9)14/h3-5,11H,1-2H3. The average molecular weight is 273 g/mol. The van der Waals surface area contributed by atoms with E-state index in [1.165, 1.54) is 32.0 Å². The third-order valence-electron chi connectivity index (χ3n) is 2.27. The van der Waals surface area contributed by atoms with Crippen LogP contribution in [-0.2, 0) is 9.59 Å². The van der Waals surface area contributed by atoms with E-state index in [4.69, 9.17) is 23.2 Å². The lowest BCUT2D eigenvalue weighted by atomic mass is 9.91. The van der Waals surface area contributed by atoms with Crippen LogP contribution in [0, 0.1) is 5.92 Å². The number of benzene rings is 1. The van der Waals surface area contributed by atoms with Gasteiger partial charge in [0.05, 0.1) is 5.02 Å². The smallest absolute Gasteiger partial charge is 0.182 e. The number of carbonyl (C=O) groups excluding carboxylic acids is 3. The minimum Gasteiger partial charge on any atom is -0.299 e. The maximum absolute atomic E-state index is 12.0. The fraction of sp³-hybridized carbons (Fsp3) is 0.250. The molecule has 90 valence electrons. The van der Waals surface area contributed by atoms with Crippen molar-refractivity contribution in [3.05, 3.63) is 33.8 Å². The summed E-state index contributed by atoms with van der Waals surface area (Å²) in [6.45, 7) is 2.40. The Kier molecular flexibility index (Phi) is 4.43. The first-order chi connectivity index (χ1) is 7.84. The van der Waals surface area contributed by atoms with Crippen LogP contribution in [0.15, 0.2) is 18.2 Å². The van der Waals surface area contributed by atoms with Crippen LogP contribution >= 0.6 is 23.2 Å². The van der Waals surface area contributed by atoms with Gasteiger partial charge in [-0.2, -0.15) is 0 Å². The lowest BCUT2D eigenvalue weighted by Gasteiger charge is -2.10. The first-order valence-electron chi connectivity index (χ1n) is 4.84. The third-order valence-corrected chi connectivity index (χ3v) is 2.82. The van der Waals surface area contributed by atoms with Crippen molar-refractivity contribution in [3.8, 4) is 0 Å². The summed E-state index contributed by atoms with van der Waals surface area (Å²) >= 11 is 11.5. The van der Waals surface area contributed by atoms with Gasteiger partial charge in [-0.15, -0.1) is 0 Å². The summed E-state index contributed by atoms with van der Waals surface area (Å²) in [5.74, 6) is -2.86. The summed E-state index contributed by atoms with van der Waals surface area (Å²) in [5, 5.41) is 0.517. The van der Waals surface area contributed by atoms with Gasteiger partial charge < -0.3 is 0 Å². The molecule has 0 aromatic heterocycles. The summed E-state index contributed by atoms with van der Waals surface area (Å²) in [6.07, 6.45) is 0. The van der Waals surface area contributed by atoms with Gasteiger partial charge in [0.25, 0.3) is 0 Å². The SMILES string of the molecule is CC(=O)C(C(C)=O)C(=O)c1ccc(Cl)cc1Cl. The first-order valence-corrected chi connectivity index (χ1v) is 5.60. The molecular formula is C12H10Cl2O3. The van der Waals surface area contributed by atoms with Crippen LogP contribution in [0.4, 0.5) is 0 Å². The zero-order valence-corrected chi connectivity index (χ0v) is 10.8. The first kappa shape index (κ1) is 13.9. The molecule has 0 amide bonds. The fourth-order valence-corrected chi connectivity index (χ4v) is 2.00. The van der Waals surface area contributed by atoms with Crippen LogP contribution in [0.3, 0.4) is 0 Å². The molecule has 1 rings (SSSR count). The molecule has 0 fully saturated rings. The van der Waals surface area contributed by atoms with Gasteiger partial charge in [-0.25, -0.2) is 0 Å². The Hall–Kier alpha value is -1.19. The van der Waals surface area contributed by atoms with E-state index >= 15 is 0 Å². The molecule has 0 bridgehead atoms. The number of halogens is 2. The lowest BCUT2D eigenvalue weighted by molar-refractivity contribution is -0.128. The fourth-order valence-electron chi connectivity index (χ4n) is 1.50. The second-order valence-corrected chi connectivity index (χ2v) is 4.49. The molecule has 0 radical (unpaired) electrons. The van der Waals surface area contributed by atoms with Gasteiger partial charge in [-0.3, -0.25) is 14.4 Å². The highest BCUT2D eigenvalue weighted by molar-refractivity contribution is 6.38. The molecule has 0 aliphatic heterocycles. The molecule has 0 aliphatic rings. The molecular weight excluding hydrogens is 263 g/mol. The van der Waals surface area contributed by atoms with Crippen LogP contribution in [-0.4, -0.2) is 17.3 Å². The monoisotopic (exact) mass is 272 g/mol. The molecule has 0 unspecified atom stereocenters. The van der Waals surface area contributed by atoms with Crippen molar-refractivity contribution in [1.29, 1.82) is 0 Å². The molecule has 0 N–H and O–H groups in total. The van der Waals surface area contributed by atoms with Crippen molar-refractivity contribution in [3.63, 3.8) is 0 Å². The highest BCUT2D eigenvalue weighted by Gasteiger charge is 2.30. The van der Waals surface area contributed by atoms with E-state index < -0.39 is 23.3 Å². The van der Waals surface area contributed by atoms with E-state index in [1.54, 1.807) is 0 Å². The predicted molar refractivity (Wildman–Crippen MR) is 65.6 cm³/mol. The number of hydrogen-bond donors (Lipinski definition) is 0. The van der Waals surface area contributed by atoms with E-state index in [0.29, 0.717) is 5.02 Å². The van der Waals surface area contributed by atoms with Gasteiger partial charge in [0, 0.05) is 10.6 Å². The molecule has 0 saturated heterocycles. The zero-order chi connectivity index (χ0) is 13.2. The Labute approximate surface area is 109 Å². The minimum absolute atomic E-state index is 0.131. The topological polar surface area (TPSA) is 51.2 Å².